The van der Waals surface area contributed by atoms with Crippen LogP contribution in [0.25, 0.3) is 0 Å². The van der Waals surface area contributed by atoms with Crippen LogP contribution in [0.2, 0.25) is 0 Å². The van der Waals surface area contributed by atoms with Crippen LogP contribution < -0.4 is 27.0 Å². The highest BCUT2D eigenvalue weighted by Gasteiger charge is 2.31. The minimum Gasteiger partial charge on any atom is -0.508 e. The first-order valence-electron chi connectivity index (χ1n) is 13.8. The van der Waals surface area contributed by atoms with Gasteiger partial charge in [-0.2, -0.15) is 0 Å². The number of primary amides is 1. The average molecular weight is 562 g/mol. The van der Waals surface area contributed by atoms with E-state index in [9.17, 15) is 29.1 Å². The summed E-state index contributed by atoms with van der Waals surface area (Å²) in [6, 6.07) is 2.42. The van der Waals surface area contributed by atoms with E-state index in [1.807, 2.05) is 41.5 Å². The third-order valence-corrected chi connectivity index (χ3v) is 6.12. The summed E-state index contributed by atoms with van der Waals surface area (Å²) in [5, 5.41) is 20.3. The van der Waals surface area contributed by atoms with Crippen LogP contribution in [-0.4, -0.2) is 58.8 Å². The second-order valence-corrected chi connectivity index (χ2v) is 11.6. The fraction of sp³-hybridized carbons (Fsp3) is 0.621. The number of hydrogen-bond donors (Lipinski definition) is 6. The largest absolute Gasteiger partial charge is 0.508 e. The molecular formula is C29H47N5O6. The zero-order valence-corrected chi connectivity index (χ0v) is 24.7. The lowest BCUT2D eigenvalue weighted by atomic mass is 9.98. The molecule has 224 valence electrons. The smallest absolute Gasteiger partial charge is 0.243 e. The van der Waals surface area contributed by atoms with Gasteiger partial charge in [0.2, 0.25) is 29.5 Å². The Kier molecular flexibility index (Phi) is 14.2. The fourth-order valence-corrected chi connectivity index (χ4v) is 4.26. The van der Waals surface area contributed by atoms with Crippen molar-refractivity contribution >= 4 is 29.5 Å². The molecule has 7 N–H and O–H groups in total. The molecule has 5 amide bonds. The predicted molar refractivity (Wildman–Crippen MR) is 153 cm³/mol. The van der Waals surface area contributed by atoms with Crippen LogP contribution in [-0.2, 0) is 30.4 Å². The van der Waals surface area contributed by atoms with Crippen molar-refractivity contribution in [2.45, 2.75) is 98.3 Å². The van der Waals surface area contributed by atoms with E-state index in [2.05, 4.69) is 21.3 Å². The van der Waals surface area contributed by atoms with Crippen LogP contribution in [0.15, 0.2) is 24.3 Å². The number of benzene rings is 1. The zero-order valence-electron chi connectivity index (χ0n) is 24.7. The van der Waals surface area contributed by atoms with E-state index < -0.39 is 47.8 Å². The van der Waals surface area contributed by atoms with E-state index in [0.29, 0.717) is 18.4 Å². The number of amides is 5. The average Bonchev–Trinajstić information content (AvgIpc) is 2.82. The van der Waals surface area contributed by atoms with Gasteiger partial charge in [0, 0.05) is 13.3 Å². The minimum absolute atomic E-state index is 0.0218. The van der Waals surface area contributed by atoms with Crippen molar-refractivity contribution in [1.82, 2.24) is 21.3 Å². The maximum Gasteiger partial charge on any atom is 0.243 e. The number of carbonyl (C=O) groups is 5. The van der Waals surface area contributed by atoms with Crippen molar-refractivity contribution in [3.8, 4) is 5.75 Å². The van der Waals surface area contributed by atoms with Crippen molar-refractivity contribution in [2.24, 2.45) is 23.5 Å². The third kappa shape index (κ3) is 12.9. The molecule has 0 aromatic heterocycles. The van der Waals surface area contributed by atoms with E-state index in [0.717, 1.165) is 0 Å². The van der Waals surface area contributed by atoms with Crippen molar-refractivity contribution < 1.29 is 29.1 Å². The van der Waals surface area contributed by atoms with Gasteiger partial charge in [0.15, 0.2) is 0 Å². The van der Waals surface area contributed by atoms with Crippen LogP contribution in [0.3, 0.4) is 0 Å². The molecule has 1 aromatic rings. The van der Waals surface area contributed by atoms with Crippen molar-refractivity contribution in [3.63, 3.8) is 0 Å². The number of aromatic hydroxyl groups is 1. The summed E-state index contributed by atoms with van der Waals surface area (Å²) in [7, 11) is 0. The van der Waals surface area contributed by atoms with Gasteiger partial charge in [0.05, 0.1) is 0 Å². The van der Waals surface area contributed by atoms with E-state index in [4.69, 9.17) is 5.73 Å². The molecule has 40 heavy (non-hydrogen) atoms. The van der Waals surface area contributed by atoms with E-state index in [1.165, 1.54) is 19.1 Å². The Morgan fingerprint density at radius 3 is 1.32 bits per heavy atom. The van der Waals surface area contributed by atoms with Gasteiger partial charge in [-0.05, 0) is 54.7 Å². The molecule has 11 nitrogen and oxygen atoms in total. The molecule has 1 aromatic carbocycles. The molecule has 11 heteroatoms. The van der Waals surface area contributed by atoms with Crippen LogP contribution in [0, 0.1) is 17.8 Å². The molecule has 0 bridgehead atoms. The summed E-state index contributed by atoms with van der Waals surface area (Å²) in [5.41, 5.74) is 6.23. The molecule has 0 saturated heterocycles. The van der Waals surface area contributed by atoms with Gasteiger partial charge in [0.25, 0.3) is 0 Å². The number of carbonyl (C=O) groups excluding carboxylic acids is 5. The highest BCUT2D eigenvalue weighted by atomic mass is 16.3. The first-order valence-corrected chi connectivity index (χ1v) is 13.8. The highest BCUT2D eigenvalue weighted by Crippen LogP contribution is 2.13. The molecule has 4 atom stereocenters. The van der Waals surface area contributed by atoms with Gasteiger partial charge in [-0.1, -0.05) is 53.7 Å². The summed E-state index contributed by atoms with van der Waals surface area (Å²) in [6.07, 6.45) is 1.10. The highest BCUT2D eigenvalue weighted by molar-refractivity contribution is 5.95. The van der Waals surface area contributed by atoms with Crippen molar-refractivity contribution in [1.29, 1.82) is 0 Å². The summed E-state index contributed by atoms with van der Waals surface area (Å²) in [5.74, 6) is -2.42. The zero-order chi connectivity index (χ0) is 30.6. The number of phenolic OH excluding ortho intramolecular Hbond substituents is 1. The molecule has 0 spiro atoms. The van der Waals surface area contributed by atoms with Gasteiger partial charge < -0.3 is 32.1 Å². The Labute approximate surface area is 237 Å². The van der Waals surface area contributed by atoms with E-state index in [-0.39, 0.29) is 42.3 Å². The summed E-state index contributed by atoms with van der Waals surface area (Å²) in [6.45, 7) is 12.8. The molecule has 0 aliphatic heterocycles. The second kappa shape index (κ2) is 16.5. The Morgan fingerprint density at radius 2 is 1.00 bits per heavy atom. The van der Waals surface area contributed by atoms with Gasteiger partial charge in [-0.3, -0.25) is 24.0 Å². The molecule has 0 saturated carbocycles. The molecule has 0 heterocycles. The molecule has 4 unspecified atom stereocenters. The summed E-state index contributed by atoms with van der Waals surface area (Å²) >= 11 is 0. The first-order chi connectivity index (χ1) is 18.6. The molecule has 0 radical (unpaired) electrons. The number of nitrogens with one attached hydrogen (secondary N) is 4. The van der Waals surface area contributed by atoms with Gasteiger partial charge in [0.1, 0.15) is 29.9 Å². The number of rotatable bonds is 16. The Morgan fingerprint density at radius 1 is 0.650 bits per heavy atom. The Hall–Kier alpha value is -3.63. The standard InChI is InChI=1S/C29H47N5O6/c1-16(2)12-23(31-19(7)35)27(38)33-25(14-18(5)6)29(40)34-24(13-17(3)4)28(39)32-22(26(30)37)15-20-8-10-21(36)11-9-20/h8-11,16-18,22-25,36H,12-15H2,1-7H3,(H2,30,37)(H,31,35)(H,32,39)(H,33,38)(H,34,40). The summed E-state index contributed by atoms with van der Waals surface area (Å²) in [4.78, 5) is 63.6. The number of nitrogens with two attached hydrogens (primary N) is 1. The first kappa shape index (κ1) is 34.4. The molecule has 0 fully saturated rings. The van der Waals surface area contributed by atoms with Gasteiger partial charge in [-0.25, -0.2) is 0 Å². The predicted octanol–water partition coefficient (Wildman–Crippen LogP) is 1.52. The lowest BCUT2D eigenvalue weighted by Crippen LogP contribution is -2.58. The third-order valence-electron chi connectivity index (χ3n) is 6.12. The second-order valence-electron chi connectivity index (χ2n) is 11.6. The lowest BCUT2D eigenvalue weighted by molar-refractivity contribution is -0.134. The van der Waals surface area contributed by atoms with Crippen molar-refractivity contribution in [2.75, 3.05) is 0 Å². The Bertz CT molecular complexity index is 1010. The summed E-state index contributed by atoms with van der Waals surface area (Å²) < 4.78 is 0. The van der Waals surface area contributed by atoms with Crippen LogP contribution in [0.1, 0.15) is 73.3 Å². The normalized spacial score (nSPS) is 14.2. The Balaban J connectivity index is 3.09. The van der Waals surface area contributed by atoms with Crippen LogP contribution in [0.5, 0.6) is 5.75 Å². The molecule has 1 rings (SSSR count). The SMILES string of the molecule is CC(=O)NC(CC(C)C)C(=O)NC(CC(C)C)C(=O)NC(CC(C)C)C(=O)NC(Cc1ccc(O)cc1)C(N)=O. The number of hydrogen-bond acceptors (Lipinski definition) is 6. The lowest BCUT2D eigenvalue weighted by Gasteiger charge is -2.28. The monoisotopic (exact) mass is 561 g/mol. The van der Waals surface area contributed by atoms with E-state index in [1.54, 1.807) is 12.1 Å². The van der Waals surface area contributed by atoms with Gasteiger partial charge in [-0.15, -0.1) is 0 Å². The fourth-order valence-electron chi connectivity index (χ4n) is 4.26. The minimum atomic E-state index is -1.04. The van der Waals surface area contributed by atoms with E-state index >= 15 is 0 Å². The van der Waals surface area contributed by atoms with Gasteiger partial charge >= 0.3 is 0 Å². The topological polar surface area (TPSA) is 180 Å². The molecule has 0 aliphatic rings. The maximum atomic E-state index is 13.4. The molecular weight excluding hydrogens is 514 g/mol. The maximum absolute atomic E-state index is 13.4. The van der Waals surface area contributed by atoms with Crippen LogP contribution >= 0.6 is 0 Å². The molecule has 0 aliphatic carbocycles. The van der Waals surface area contributed by atoms with Crippen molar-refractivity contribution in [3.05, 3.63) is 29.8 Å². The number of phenols is 1. The van der Waals surface area contributed by atoms with Crippen LogP contribution in [0.4, 0.5) is 0 Å². The quantitative estimate of drug-likeness (QED) is 0.178.